The van der Waals surface area contributed by atoms with Crippen LogP contribution in [0.5, 0.6) is 5.75 Å². The summed E-state index contributed by atoms with van der Waals surface area (Å²) < 4.78 is 7.12. The van der Waals surface area contributed by atoms with Crippen molar-refractivity contribution < 1.29 is 9.53 Å². The molecule has 1 aromatic heterocycles. The lowest BCUT2D eigenvalue weighted by atomic mass is 9.82. The molecule has 0 bridgehead atoms. The number of nitrogens with one attached hydrogen (secondary N) is 2. The number of hydrogen-bond acceptors (Lipinski definition) is 3. The maximum absolute atomic E-state index is 12.1. The van der Waals surface area contributed by atoms with Crippen LogP contribution in [0.3, 0.4) is 0 Å². The van der Waals surface area contributed by atoms with Gasteiger partial charge in [-0.05, 0) is 49.4 Å². The number of hydrogen-bond donors (Lipinski definition) is 2. The maximum Gasteiger partial charge on any atom is 0.315 e. The zero-order chi connectivity index (χ0) is 17.8. The lowest BCUT2D eigenvalue weighted by molar-refractivity contribution is 0.239. The minimum Gasteiger partial charge on any atom is -0.497 e. The van der Waals surface area contributed by atoms with Gasteiger partial charge in [-0.1, -0.05) is 6.07 Å². The first-order valence-corrected chi connectivity index (χ1v) is 8.74. The van der Waals surface area contributed by atoms with Crippen LogP contribution in [0.25, 0.3) is 0 Å². The molecule has 0 saturated heterocycles. The number of ether oxygens (including phenoxy) is 1. The van der Waals surface area contributed by atoms with Crippen LogP contribution in [-0.2, 0) is 20.0 Å². The van der Waals surface area contributed by atoms with Crippen molar-refractivity contribution in [3.05, 3.63) is 46.8 Å². The van der Waals surface area contributed by atoms with Crippen LogP contribution in [0, 0.1) is 6.92 Å². The molecule has 0 aliphatic heterocycles. The largest absolute Gasteiger partial charge is 0.497 e. The van der Waals surface area contributed by atoms with E-state index in [1.54, 1.807) is 13.3 Å². The number of aromatic nitrogens is 2. The third-order valence-corrected chi connectivity index (χ3v) is 5.07. The van der Waals surface area contributed by atoms with E-state index in [4.69, 9.17) is 4.74 Å². The fourth-order valence-corrected chi connectivity index (χ4v) is 3.40. The second-order valence-electron chi connectivity index (χ2n) is 6.60. The van der Waals surface area contributed by atoms with Crippen molar-refractivity contribution in [1.82, 2.24) is 20.4 Å². The first-order chi connectivity index (χ1) is 12.1. The van der Waals surface area contributed by atoms with Gasteiger partial charge in [-0.2, -0.15) is 5.10 Å². The monoisotopic (exact) mass is 342 g/mol. The minimum atomic E-state index is -0.135. The second kappa shape index (κ2) is 7.59. The Morgan fingerprint density at radius 1 is 1.40 bits per heavy atom. The highest BCUT2D eigenvalue weighted by molar-refractivity contribution is 5.73. The van der Waals surface area contributed by atoms with Crippen LogP contribution < -0.4 is 15.4 Å². The standard InChI is InChI=1S/C19H26N4O2/c1-13-16(12-22-23(13)2)11-21-19(24)20-10-15-6-4-5-14-9-17(25-3)7-8-18(14)15/h7-9,12,15H,4-6,10-11H2,1-3H3,(H2,20,21,24)/t15-/m0/s1. The van der Waals surface area contributed by atoms with Crippen LogP contribution in [0.4, 0.5) is 4.79 Å². The number of fused-ring (bicyclic) bond motifs is 1. The van der Waals surface area contributed by atoms with Gasteiger partial charge in [0, 0.05) is 37.3 Å². The van der Waals surface area contributed by atoms with Crippen molar-refractivity contribution in [2.45, 2.75) is 38.6 Å². The van der Waals surface area contributed by atoms with E-state index in [0.717, 1.165) is 36.3 Å². The zero-order valence-corrected chi connectivity index (χ0v) is 15.1. The number of carbonyl (C=O) groups excluding carboxylic acids is 1. The summed E-state index contributed by atoms with van der Waals surface area (Å²) in [5.41, 5.74) is 4.77. The third-order valence-electron chi connectivity index (χ3n) is 5.07. The van der Waals surface area contributed by atoms with E-state index in [1.807, 2.05) is 24.7 Å². The molecule has 2 aromatic rings. The number of aryl methyl sites for hydroxylation is 2. The molecule has 3 rings (SSSR count). The van der Waals surface area contributed by atoms with Crippen LogP contribution in [-0.4, -0.2) is 29.5 Å². The number of carbonyl (C=O) groups is 1. The van der Waals surface area contributed by atoms with Gasteiger partial charge in [-0.25, -0.2) is 4.79 Å². The van der Waals surface area contributed by atoms with E-state index in [9.17, 15) is 4.79 Å². The van der Waals surface area contributed by atoms with Gasteiger partial charge in [0.05, 0.1) is 13.3 Å². The number of methoxy groups -OCH3 is 1. The molecule has 1 atom stereocenters. The molecule has 0 fully saturated rings. The Hall–Kier alpha value is -2.50. The lowest BCUT2D eigenvalue weighted by Crippen LogP contribution is -2.38. The Labute approximate surface area is 148 Å². The molecule has 25 heavy (non-hydrogen) atoms. The minimum absolute atomic E-state index is 0.135. The van der Waals surface area contributed by atoms with E-state index in [0.29, 0.717) is 19.0 Å². The van der Waals surface area contributed by atoms with Crippen molar-refractivity contribution in [2.75, 3.05) is 13.7 Å². The molecular weight excluding hydrogens is 316 g/mol. The Balaban J connectivity index is 1.54. The molecule has 6 nitrogen and oxygen atoms in total. The SMILES string of the molecule is COc1ccc2c(c1)CCC[C@H]2CNC(=O)NCc1cnn(C)c1C. The number of amides is 2. The lowest BCUT2D eigenvalue weighted by Gasteiger charge is -2.26. The van der Waals surface area contributed by atoms with Gasteiger partial charge in [0.2, 0.25) is 0 Å². The summed E-state index contributed by atoms with van der Waals surface area (Å²) >= 11 is 0. The van der Waals surface area contributed by atoms with Gasteiger partial charge >= 0.3 is 6.03 Å². The second-order valence-corrected chi connectivity index (χ2v) is 6.60. The molecular formula is C19H26N4O2. The van der Waals surface area contributed by atoms with Gasteiger partial charge in [0.1, 0.15) is 5.75 Å². The average Bonchev–Trinajstić information content (AvgIpc) is 2.96. The number of urea groups is 1. The number of benzene rings is 1. The fourth-order valence-electron chi connectivity index (χ4n) is 3.40. The Morgan fingerprint density at radius 3 is 2.96 bits per heavy atom. The van der Waals surface area contributed by atoms with Crippen molar-refractivity contribution in [3.8, 4) is 5.75 Å². The molecule has 6 heteroatoms. The van der Waals surface area contributed by atoms with Crippen LogP contribution in [0.15, 0.2) is 24.4 Å². The summed E-state index contributed by atoms with van der Waals surface area (Å²) in [6.07, 6.45) is 5.11. The van der Waals surface area contributed by atoms with Crippen LogP contribution in [0.1, 0.15) is 41.1 Å². The Bertz CT molecular complexity index is 754. The highest BCUT2D eigenvalue weighted by Crippen LogP contribution is 2.33. The van der Waals surface area contributed by atoms with Gasteiger partial charge in [0.25, 0.3) is 0 Å². The first-order valence-electron chi connectivity index (χ1n) is 8.74. The number of nitrogens with zero attached hydrogens (tertiary/aromatic N) is 2. The van der Waals surface area contributed by atoms with Crippen molar-refractivity contribution >= 4 is 6.03 Å². The molecule has 1 aromatic carbocycles. The summed E-state index contributed by atoms with van der Waals surface area (Å²) in [6.45, 7) is 3.14. The van der Waals surface area contributed by atoms with Crippen molar-refractivity contribution in [3.63, 3.8) is 0 Å². The smallest absolute Gasteiger partial charge is 0.315 e. The van der Waals surface area contributed by atoms with Gasteiger partial charge < -0.3 is 15.4 Å². The third kappa shape index (κ3) is 3.95. The summed E-state index contributed by atoms with van der Waals surface area (Å²) in [6, 6.07) is 6.12. The van der Waals surface area contributed by atoms with E-state index < -0.39 is 0 Å². The Morgan fingerprint density at radius 2 is 2.24 bits per heavy atom. The predicted molar refractivity (Wildman–Crippen MR) is 96.9 cm³/mol. The molecule has 2 N–H and O–H groups in total. The molecule has 0 spiro atoms. The summed E-state index contributed by atoms with van der Waals surface area (Å²) in [5.74, 6) is 1.26. The summed E-state index contributed by atoms with van der Waals surface area (Å²) in [4.78, 5) is 12.1. The van der Waals surface area contributed by atoms with Gasteiger partial charge in [-0.15, -0.1) is 0 Å². The zero-order valence-electron chi connectivity index (χ0n) is 15.1. The molecule has 0 unspecified atom stereocenters. The average molecular weight is 342 g/mol. The molecule has 0 radical (unpaired) electrons. The van der Waals surface area contributed by atoms with Crippen LogP contribution >= 0.6 is 0 Å². The topological polar surface area (TPSA) is 68.2 Å². The summed E-state index contributed by atoms with van der Waals surface area (Å²) in [5, 5.41) is 10.1. The highest BCUT2D eigenvalue weighted by Gasteiger charge is 2.21. The van der Waals surface area contributed by atoms with E-state index in [2.05, 4.69) is 27.9 Å². The predicted octanol–water partition coefficient (Wildman–Crippen LogP) is 2.66. The Kier molecular flexibility index (Phi) is 5.26. The highest BCUT2D eigenvalue weighted by atomic mass is 16.5. The molecule has 0 saturated carbocycles. The molecule has 1 aliphatic carbocycles. The number of rotatable bonds is 5. The molecule has 134 valence electrons. The normalized spacial score (nSPS) is 16.2. The first kappa shape index (κ1) is 17.3. The van der Waals surface area contributed by atoms with E-state index in [-0.39, 0.29) is 6.03 Å². The van der Waals surface area contributed by atoms with Gasteiger partial charge in [0.15, 0.2) is 0 Å². The van der Waals surface area contributed by atoms with E-state index >= 15 is 0 Å². The quantitative estimate of drug-likeness (QED) is 0.878. The summed E-state index contributed by atoms with van der Waals surface area (Å²) in [7, 11) is 3.59. The van der Waals surface area contributed by atoms with Gasteiger partial charge in [-0.3, -0.25) is 4.68 Å². The molecule has 1 aliphatic rings. The van der Waals surface area contributed by atoms with E-state index in [1.165, 1.54) is 11.1 Å². The van der Waals surface area contributed by atoms with Crippen molar-refractivity contribution in [1.29, 1.82) is 0 Å². The molecule has 1 heterocycles. The fraction of sp³-hybridized carbons (Fsp3) is 0.474. The molecule has 2 amide bonds. The van der Waals surface area contributed by atoms with Crippen molar-refractivity contribution in [2.24, 2.45) is 7.05 Å². The maximum atomic E-state index is 12.1. The van der Waals surface area contributed by atoms with Crippen LogP contribution in [0.2, 0.25) is 0 Å².